The lowest BCUT2D eigenvalue weighted by molar-refractivity contribution is -0.151. The van der Waals surface area contributed by atoms with Crippen molar-refractivity contribution in [2.75, 3.05) is 224 Å². The number of aryl methyl sites for hydroxylation is 4. The highest BCUT2D eigenvalue weighted by Crippen LogP contribution is 2.41. The Balaban J connectivity index is 0.000000178. The molecule has 0 N–H and O–H groups in total. The van der Waals surface area contributed by atoms with E-state index in [0.717, 1.165) is 188 Å². The van der Waals surface area contributed by atoms with Crippen molar-refractivity contribution < 1.29 is 76.3 Å². The Hall–Kier alpha value is -9.92. The zero-order valence-corrected chi connectivity index (χ0v) is 88.8. The average molecular weight is 2140 g/mol. The molecule has 0 atom stereocenters. The molecular formula is C108H132Cl8N12O16. The summed E-state index contributed by atoms with van der Waals surface area (Å²) in [6, 6.07) is 45.4. The molecule has 0 saturated carbocycles. The predicted molar refractivity (Wildman–Crippen MR) is 573 cm³/mol. The summed E-state index contributed by atoms with van der Waals surface area (Å²) in [6.45, 7) is 24.8. The topological polar surface area (TPSA) is 249 Å². The third-order valence-electron chi connectivity index (χ3n) is 27.0. The number of ether oxygens (including phenoxy) is 8. The number of carbonyl (C=O) groups excluding carboxylic acids is 8. The minimum atomic E-state index is -0.646. The van der Waals surface area contributed by atoms with Gasteiger partial charge in [0.1, 0.15) is 23.0 Å². The molecule has 0 aliphatic carbocycles. The monoisotopic (exact) mass is 2130 g/mol. The van der Waals surface area contributed by atoms with E-state index < -0.39 is 23.9 Å². The Labute approximate surface area is 885 Å². The molecule has 0 unspecified atom stereocenters. The van der Waals surface area contributed by atoms with Gasteiger partial charge in [-0.2, -0.15) is 0 Å². The van der Waals surface area contributed by atoms with Gasteiger partial charge in [0.15, 0.2) is 26.9 Å². The highest BCUT2D eigenvalue weighted by atomic mass is 35.5. The highest BCUT2D eigenvalue weighted by molar-refractivity contribution is 6.45. The maximum absolute atomic E-state index is 12.9. The van der Waals surface area contributed by atoms with Crippen LogP contribution in [0.15, 0.2) is 146 Å². The van der Waals surface area contributed by atoms with Crippen molar-refractivity contribution in [1.82, 2.24) is 19.6 Å². The molecule has 16 rings (SSSR count). The Kier molecular flexibility index (Phi) is 43.9. The number of benzene rings is 8. The number of hydrogen-bond acceptors (Lipinski definition) is 24. The van der Waals surface area contributed by atoms with Gasteiger partial charge in [-0.25, -0.2) is 0 Å². The Morgan fingerprint density at radius 2 is 0.500 bits per heavy atom. The molecule has 8 aliphatic rings. The fraction of sp³-hybridized carbons (Fsp3) is 0.481. The third kappa shape index (κ3) is 32.1. The molecule has 0 aromatic heterocycles. The maximum Gasteiger partial charge on any atom is 0.308 e. The standard InChI is InChI=1S/2C39H44Cl2N4O8.2C15H22Cl2N2/c2*1-50-29-11-7-27-9-13-35(46)44(33(27)23-29)25-52-37(48)15-16-38(49)53-26-45-34-24-30(12-8-28(34)10-14-36(45)47)51-22-3-2-17-42-18-20-43(21-19-42)32-6-4-5-31(40)39(32)41;2*1-2-3-4-8-18-9-11-19(12-10-18)14-7-5-6-13(16)15(14)17/h2*4-8,11-12,23-24H,2-3,9-10,13-22,25-26H2,1H3;2*5-7H,2-4,8-12H2,1H3. The van der Waals surface area contributed by atoms with Crippen molar-refractivity contribution in [3.05, 3.63) is 208 Å². The van der Waals surface area contributed by atoms with E-state index in [1.807, 2.05) is 109 Å². The van der Waals surface area contributed by atoms with Crippen LogP contribution in [-0.4, -0.2) is 252 Å². The van der Waals surface area contributed by atoms with Gasteiger partial charge in [-0.05, 0) is 185 Å². The maximum atomic E-state index is 12.9. The van der Waals surface area contributed by atoms with Gasteiger partial charge in [0.2, 0.25) is 23.6 Å². The smallest absolute Gasteiger partial charge is 0.308 e. The number of fused-ring (bicyclic) bond motifs is 4. The van der Waals surface area contributed by atoms with E-state index in [9.17, 15) is 38.4 Å². The number of halogens is 8. The van der Waals surface area contributed by atoms with Crippen LogP contribution < -0.4 is 58.1 Å². The van der Waals surface area contributed by atoms with Gasteiger partial charge in [0.05, 0.1) is 139 Å². The number of piperazine rings is 4. The van der Waals surface area contributed by atoms with Gasteiger partial charge in [-0.15, -0.1) is 0 Å². The molecule has 0 spiro atoms. The highest BCUT2D eigenvalue weighted by Gasteiger charge is 2.34. The lowest BCUT2D eigenvalue weighted by Crippen LogP contribution is -2.46. The lowest BCUT2D eigenvalue weighted by atomic mass is 10.0. The number of unbranched alkanes of at least 4 members (excludes halogenated alkanes) is 6. The molecule has 144 heavy (non-hydrogen) atoms. The summed E-state index contributed by atoms with van der Waals surface area (Å²) in [7, 11) is 3.08. The first-order valence-corrected chi connectivity index (χ1v) is 53.2. The van der Waals surface area contributed by atoms with Crippen molar-refractivity contribution in [1.29, 1.82) is 0 Å². The fourth-order valence-corrected chi connectivity index (χ4v) is 20.2. The van der Waals surface area contributed by atoms with E-state index in [2.05, 4.69) is 65.2 Å². The van der Waals surface area contributed by atoms with Gasteiger partial charge >= 0.3 is 23.9 Å². The Morgan fingerprint density at radius 3 is 0.736 bits per heavy atom. The molecule has 8 aliphatic heterocycles. The molecule has 4 saturated heterocycles. The van der Waals surface area contributed by atoms with Crippen LogP contribution in [0.1, 0.15) is 152 Å². The van der Waals surface area contributed by atoms with Crippen LogP contribution in [0.5, 0.6) is 23.0 Å². The van der Waals surface area contributed by atoms with Crippen LogP contribution in [0.4, 0.5) is 45.5 Å². The number of nitrogens with zero attached hydrogens (tertiary/aromatic N) is 12. The van der Waals surface area contributed by atoms with Gasteiger partial charge in [-0.3, -0.25) is 77.6 Å². The molecule has 4 amide bonds. The van der Waals surface area contributed by atoms with Crippen molar-refractivity contribution in [2.45, 2.75) is 155 Å². The number of esters is 4. The molecule has 8 aromatic rings. The molecule has 28 nitrogen and oxygen atoms in total. The normalized spacial score (nSPS) is 16.1. The van der Waals surface area contributed by atoms with Gasteiger partial charge in [0, 0.05) is 155 Å². The zero-order valence-electron chi connectivity index (χ0n) is 82.7. The van der Waals surface area contributed by atoms with Crippen LogP contribution in [0, 0.1) is 0 Å². The van der Waals surface area contributed by atoms with Crippen molar-refractivity contribution >= 4 is 186 Å². The van der Waals surface area contributed by atoms with Crippen molar-refractivity contribution in [3.8, 4) is 23.0 Å². The SMILES string of the molecule is CCCCCN1CCN(c2cccc(Cl)c2Cl)CC1.CCCCCN1CCN(c2cccc(Cl)c2Cl)CC1.COc1ccc2c(c1)N(COC(=O)CCC(=O)OCN1C(=O)CCc3ccc(OCCCCN4CCN(c5cccc(Cl)c5Cl)CC4)cc31)C(=O)CC2.COc1ccc2c(c1)N(COC(=O)CCC(=O)OCN1C(=O)CCc3ccc(OCCCCN4CCN(c5cccc(Cl)c5Cl)CC4)cc31)C(=O)CC2. The number of carbonyl (C=O) groups is 8. The third-order valence-corrected chi connectivity index (χ3v) is 30.2. The summed E-state index contributed by atoms with van der Waals surface area (Å²) >= 11 is 50.0. The first-order valence-electron chi connectivity index (χ1n) is 50.2. The van der Waals surface area contributed by atoms with E-state index in [1.54, 1.807) is 24.3 Å². The second-order valence-corrected chi connectivity index (χ2v) is 39.7. The molecule has 8 heterocycles. The van der Waals surface area contributed by atoms with E-state index in [4.69, 9.17) is 131 Å². The number of anilines is 8. The zero-order chi connectivity index (χ0) is 102. The summed E-state index contributed by atoms with van der Waals surface area (Å²) in [5.74, 6) is -0.791. The van der Waals surface area contributed by atoms with E-state index in [1.165, 1.54) is 85.4 Å². The number of rotatable bonds is 40. The van der Waals surface area contributed by atoms with Crippen LogP contribution >= 0.6 is 92.8 Å². The first-order chi connectivity index (χ1) is 69.8. The first kappa shape index (κ1) is 111. The molecule has 776 valence electrons. The van der Waals surface area contributed by atoms with Gasteiger partial charge < -0.3 is 57.5 Å². The number of hydrogen-bond donors (Lipinski definition) is 0. The molecule has 0 radical (unpaired) electrons. The fourth-order valence-electron chi connectivity index (χ4n) is 18.5. The quantitative estimate of drug-likeness (QED) is 0.0197. The second kappa shape index (κ2) is 56.9. The summed E-state index contributed by atoms with van der Waals surface area (Å²) in [4.78, 5) is 126. The summed E-state index contributed by atoms with van der Waals surface area (Å²) in [5.41, 5.74) is 10.5. The summed E-state index contributed by atoms with van der Waals surface area (Å²) in [6.07, 6.45) is 14.2. The van der Waals surface area contributed by atoms with E-state index >= 15 is 0 Å². The minimum absolute atomic E-state index is 0.164. The second-order valence-electron chi connectivity index (χ2n) is 36.6. The molecule has 4 fully saturated rings. The van der Waals surface area contributed by atoms with Crippen LogP contribution in [0.25, 0.3) is 0 Å². The van der Waals surface area contributed by atoms with Gasteiger partial charge in [-0.1, -0.05) is 181 Å². The number of methoxy groups -OCH3 is 2. The van der Waals surface area contributed by atoms with E-state index in [0.29, 0.717) is 151 Å². The average Bonchev–Trinajstić information content (AvgIpc) is 0.799. The minimum Gasteiger partial charge on any atom is -0.497 e. The molecule has 0 bridgehead atoms. The molecule has 8 aromatic carbocycles. The Bertz CT molecular complexity index is 5310. The Morgan fingerprint density at radius 1 is 0.271 bits per heavy atom. The van der Waals surface area contributed by atoms with Crippen LogP contribution in [0.3, 0.4) is 0 Å². The molecular weight excluding hydrogens is 2000 g/mol. The van der Waals surface area contributed by atoms with Crippen LogP contribution in [0.2, 0.25) is 40.2 Å². The number of amides is 4. The summed E-state index contributed by atoms with van der Waals surface area (Å²) in [5, 5.41) is 4.99. The van der Waals surface area contributed by atoms with Crippen LogP contribution in [-0.2, 0) is 83.0 Å². The largest absolute Gasteiger partial charge is 0.497 e. The lowest BCUT2D eigenvalue weighted by Gasteiger charge is -2.36. The van der Waals surface area contributed by atoms with Crippen molar-refractivity contribution in [3.63, 3.8) is 0 Å². The summed E-state index contributed by atoms with van der Waals surface area (Å²) < 4.78 is 44.2. The van der Waals surface area contributed by atoms with Crippen molar-refractivity contribution in [2.24, 2.45) is 0 Å². The predicted octanol–water partition coefficient (Wildman–Crippen LogP) is 20.7. The van der Waals surface area contributed by atoms with Gasteiger partial charge in [0.25, 0.3) is 0 Å². The van der Waals surface area contributed by atoms with E-state index in [-0.39, 0.29) is 76.2 Å². The molecule has 36 heteroatoms.